The van der Waals surface area contributed by atoms with Crippen LogP contribution >= 0.6 is 23.2 Å². The largest absolute Gasteiger partial charge is 0.367 e. The second-order valence-corrected chi connectivity index (χ2v) is 4.94. The molecule has 0 bridgehead atoms. The first-order valence-electron chi connectivity index (χ1n) is 5.64. The van der Waals surface area contributed by atoms with E-state index in [2.05, 4.69) is 17.1 Å². The Hall–Kier alpha value is -0.440. The summed E-state index contributed by atoms with van der Waals surface area (Å²) in [7, 11) is 0. The summed E-state index contributed by atoms with van der Waals surface area (Å²) in [6.45, 7) is 5.22. The molecule has 16 heavy (non-hydrogen) atoms. The molecule has 1 heterocycles. The Labute approximate surface area is 107 Å². The van der Waals surface area contributed by atoms with Crippen molar-refractivity contribution in [2.45, 2.75) is 19.4 Å². The smallest absolute Gasteiger partial charge is 0.0654 e. The van der Waals surface area contributed by atoms with Crippen molar-refractivity contribution in [1.29, 1.82) is 0 Å². The van der Waals surface area contributed by atoms with Crippen LogP contribution in [0.1, 0.15) is 13.3 Å². The van der Waals surface area contributed by atoms with Crippen LogP contribution in [-0.4, -0.2) is 25.7 Å². The topological polar surface area (TPSA) is 15.3 Å². The zero-order valence-corrected chi connectivity index (χ0v) is 10.9. The van der Waals surface area contributed by atoms with Crippen LogP contribution in [0, 0.1) is 0 Å². The van der Waals surface area contributed by atoms with Crippen molar-refractivity contribution >= 4 is 28.9 Å². The van der Waals surface area contributed by atoms with Crippen molar-refractivity contribution in [3.8, 4) is 0 Å². The fraction of sp³-hybridized carbons (Fsp3) is 0.500. The molecule has 0 radical (unpaired) electrons. The Morgan fingerprint density at radius 1 is 1.44 bits per heavy atom. The van der Waals surface area contributed by atoms with E-state index in [-0.39, 0.29) is 0 Å². The number of hydrogen-bond donors (Lipinski definition) is 1. The van der Waals surface area contributed by atoms with E-state index in [1.54, 1.807) is 6.07 Å². The molecular weight excluding hydrogens is 243 g/mol. The van der Waals surface area contributed by atoms with Gasteiger partial charge in [0.05, 0.1) is 10.7 Å². The highest BCUT2D eigenvalue weighted by Gasteiger charge is 2.19. The highest BCUT2D eigenvalue weighted by atomic mass is 35.5. The predicted octanol–water partition coefficient (Wildman–Crippen LogP) is 3.18. The molecular formula is C12H16Cl2N2. The minimum absolute atomic E-state index is 0.556. The molecule has 4 heteroatoms. The number of rotatable bonds is 2. The van der Waals surface area contributed by atoms with Gasteiger partial charge in [0.25, 0.3) is 0 Å². The Morgan fingerprint density at radius 2 is 2.25 bits per heavy atom. The molecule has 0 amide bonds. The standard InChI is InChI=1S/C12H16Cl2N2/c1-2-10-8-16(6-5-15-10)12-4-3-9(13)7-11(12)14/h3-4,7,10,15H,2,5-6,8H2,1H3. The van der Waals surface area contributed by atoms with E-state index < -0.39 is 0 Å². The van der Waals surface area contributed by atoms with Gasteiger partial charge in [-0.25, -0.2) is 0 Å². The van der Waals surface area contributed by atoms with Crippen LogP contribution in [0.3, 0.4) is 0 Å². The van der Waals surface area contributed by atoms with Gasteiger partial charge in [0.2, 0.25) is 0 Å². The normalized spacial score (nSPS) is 21.2. The molecule has 1 aliphatic heterocycles. The molecule has 1 aliphatic rings. The number of piperazine rings is 1. The summed E-state index contributed by atoms with van der Waals surface area (Å²) in [5, 5.41) is 4.92. The third-order valence-electron chi connectivity index (χ3n) is 3.00. The molecule has 1 aromatic rings. The maximum absolute atomic E-state index is 6.21. The molecule has 88 valence electrons. The van der Waals surface area contributed by atoms with Gasteiger partial charge in [0.1, 0.15) is 0 Å². The molecule has 1 aromatic carbocycles. The van der Waals surface area contributed by atoms with E-state index in [9.17, 15) is 0 Å². The summed E-state index contributed by atoms with van der Waals surface area (Å²) >= 11 is 12.1. The fourth-order valence-corrected chi connectivity index (χ4v) is 2.58. The third-order valence-corrected chi connectivity index (χ3v) is 3.54. The number of nitrogens with one attached hydrogen (secondary N) is 1. The lowest BCUT2D eigenvalue weighted by Crippen LogP contribution is -2.50. The Kier molecular flexibility index (Phi) is 3.95. The van der Waals surface area contributed by atoms with Crippen LogP contribution in [0.4, 0.5) is 5.69 Å². The molecule has 1 fully saturated rings. The van der Waals surface area contributed by atoms with Gasteiger partial charge in [0, 0.05) is 30.7 Å². The Morgan fingerprint density at radius 3 is 2.94 bits per heavy atom. The molecule has 2 rings (SSSR count). The maximum Gasteiger partial charge on any atom is 0.0654 e. The van der Waals surface area contributed by atoms with Gasteiger partial charge < -0.3 is 10.2 Å². The van der Waals surface area contributed by atoms with Gasteiger partial charge in [-0.15, -0.1) is 0 Å². The summed E-state index contributed by atoms with van der Waals surface area (Å²) in [5.41, 5.74) is 1.09. The monoisotopic (exact) mass is 258 g/mol. The maximum atomic E-state index is 6.21. The first-order chi connectivity index (χ1) is 7.70. The lowest BCUT2D eigenvalue weighted by atomic mass is 10.1. The quantitative estimate of drug-likeness (QED) is 0.877. The molecule has 1 atom stereocenters. The van der Waals surface area contributed by atoms with Gasteiger partial charge >= 0.3 is 0 Å². The second kappa shape index (κ2) is 5.26. The van der Waals surface area contributed by atoms with Crippen LogP contribution in [0.15, 0.2) is 18.2 Å². The number of halogens is 2. The highest BCUT2D eigenvalue weighted by molar-refractivity contribution is 6.36. The summed E-state index contributed by atoms with van der Waals surface area (Å²) in [6, 6.07) is 6.26. The van der Waals surface area contributed by atoms with Gasteiger partial charge in [-0.2, -0.15) is 0 Å². The van der Waals surface area contributed by atoms with Crippen LogP contribution in [0.2, 0.25) is 10.0 Å². The van der Waals surface area contributed by atoms with E-state index in [1.807, 2.05) is 12.1 Å². The molecule has 2 nitrogen and oxygen atoms in total. The van der Waals surface area contributed by atoms with Gasteiger partial charge in [-0.1, -0.05) is 30.1 Å². The van der Waals surface area contributed by atoms with E-state index in [4.69, 9.17) is 23.2 Å². The first-order valence-corrected chi connectivity index (χ1v) is 6.39. The average molecular weight is 259 g/mol. The predicted molar refractivity (Wildman–Crippen MR) is 70.8 cm³/mol. The van der Waals surface area contributed by atoms with E-state index in [0.717, 1.165) is 36.8 Å². The third kappa shape index (κ3) is 2.62. The van der Waals surface area contributed by atoms with Gasteiger partial charge in [0.15, 0.2) is 0 Å². The number of anilines is 1. The summed E-state index contributed by atoms with van der Waals surface area (Å²) < 4.78 is 0. The zero-order valence-electron chi connectivity index (χ0n) is 9.34. The lowest BCUT2D eigenvalue weighted by molar-refractivity contribution is 0.447. The minimum Gasteiger partial charge on any atom is -0.367 e. The number of hydrogen-bond acceptors (Lipinski definition) is 2. The fourth-order valence-electron chi connectivity index (χ4n) is 2.06. The highest BCUT2D eigenvalue weighted by Crippen LogP contribution is 2.29. The SMILES string of the molecule is CCC1CN(c2ccc(Cl)cc2Cl)CCN1. The molecule has 0 spiro atoms. The van der Waals surface area contributed by atoms with Crippen LogP contribution in [-0.2, 0) is 0 Å². The summed E-state index contributed by atoms with van der Waals surface area (Å²) in [4.78, 5) is 2.32. The number of benzene rings is 1. The summed E-state index contributed by atoms with van der Waals surface area (Å²) in [5.74, 6) is 0. The molecule has 1 saturated heterocycles. The van der Waals surface area contributed by atoms with Crippen molar-refractivity contribution in [2.24, 2.45) is 0 Å². The number of nitrogens with zero attached hydrogens (tertiary/aromatic N) is 1. The van der Waals surface area contributed by atoms with Crippen molar-refractivity contribution in [1.82, 2.24) is 5.32 Å². The van der Waals surface area contributed by atoms with Gasteiger partial charge in [-0.05, 0) is 24.6 Å². The molecule has 1 N–H and O–H groups in total. The Bertz CT molecular complexity index is 368. The van der Waals surface area contributed by atoms with Crippen molar-refractivity contribution in [2.75, 3.05) is 24.5 Å². The molecule has 1 unspecified atom stereocenters. The summed E-state index contributed by atoms with van der Waals surface area (Å²) in [6.07, 6.45) is 1.14. The molecule has 0 saturated carbocycles. The van der Waals surface area contributed by atoms with E-state index in [1.165, 1.54) is 0 Å². The first kappa shape index (κ1) is 12.0. The van der Waals surface area contributed by atoms with Crippen molar-refractivity contribution < 1.29 is 0 Å². The van der Waals surface area contributed by atoms with E-state index >= 15 is 0 Å². The van der Waals surface area contributed by atoms with Crippen LogP contribution in [0.25, 0.3) is 0 Å². The molecule has 0 aromatic heterocycles. The Balaban J connectivity index is 2.16. The van der Waals surface area contributed by atoms with E-state index in [0.29, 0.717) is 11.1 Å². The van der Waals surface area contributed by atoms with Crippen molar-refractivity contribution in [3.05, 3.63) is 28.2 Å². The van der Waals surface area contributed by atoms with Gasteiger partial charge in [-0.3, -0.25) is 0 Å². The average Bonchev–Trinajstić information content (AvgIpc) is 2.29. The second-order valence-electron chi connectivity index (χ2n) is 4.10. The molecule has 0 aliphatic carbocycles. The van der Waals surface area contributed by atoms with Crippen LogP contribution < -0.4 is 10.2 Å². The van der Waals surface area contributed by atoms with Crippen molar-refractivity contribution in [3.63, 3.8) is 0 Å². The lowest BCUT2D eigenvalue weighted by Gasteiger charge is -2.35. The van der Waals surface area contributed by atoms with Crippen LogP contribution in [0.5, 0.6) is 0 Å². The minimum atomic E-state index is 0.556. The zero-order chi connectivity index (χ0) is 11.5.